The van der Waals surface area contributed by atoms with Crippen LogP contribution in [0.1, 0.15) is 19.4 Å². The maximum atomic E-state index is 12.6. The van der Waals surface area contributed by atoms with Crippen LogP contribution in [0, 0.1) is 11.8 Å². The van der Waals surface area contributed by atoms with Gasteiger partial charge in [0.15, 0.2) is 0 Å². The Morgan fingerprint density at radius 2 is 2.05 bits per heavy atom. The van der Waals surface area contributed by atoms with Gasteiger partial charge >= 0.3 is 0 Å². The molecule has 0 aromatic carbocycles. The molecular formula is C14H18N2O4S. The fourth-order valence-corrected chi connectivity index (χ4v) is 3.83. The first-order valence-corrected chi connectivity index (χ1v) is 8.08. The van der Waals surface area contributed by atoms with Crippen LogP contribution < -0.4 is 0 Å². The molecule has 6 nitrogen and oxygen atoms in total. The van der Waals surface area contributed by atoms with Crippen molar-refractivity contribution >= 4 is 10.0 Å². The Morgan fingerprint density at radius 1 is 1.38 bits per heavy atom. The number of pyridine rings is 1. The topological polar surface area (TPSA) is 79.7 Å². The standard InChI is InChI=1S/C14H18N2O4S/c1-11-9-16(10-12(2)20-11)21(18,19)14-6-13(4-3-5-17)7-15-8-14/h6-8,11-12,17H,5,9-10H2,1-2H3/t11-,12+. The molecule has 0 aliphatic carbocycles. The van der Waals surface area contributed by atoms with Gasteiger partial charge in [0.25, 0.3) is 0 Å². The smallest absolute Gasteiger partial charge is 0.244 e. The molecule has 0 saturated carbocycles. The fraction of sp³-hybridized carbons (Fsp3) is 0.500. The third kappa shape index (κ3) is 3.80. The molecule has 2 heterocycles. The number of hydrogen-bond acceptors (Lipinski definition) is 5. The predicted molar refractivity (Wildman–Crippen MR) is 77.0 cm³/mol. The minimum atomic E-state index is -3.61. The third-order valence-electron chi connectivity index (χ3n) is 3.05. The molecule has 1 aromatic rings. The van der Waals surface area contributed by atoms with Crippen molar-refractivity contribution in [2.24, 2.45) is 0 Å². The lowest BCUT2D eigenvalue weighted by atomic mass is 10.3. The summed E-state index contributed by atoms with van der Waals surface area (Å²) in [6, 6.07) is 1.47. The van der Waals surface area contributed by atoms with E-state index in [4.69, 9.17) is 9.84 Å². The molecule has 7 heteroatoms. The number of nitrogens with zero attached hydrogens (tertiary/aromatic N) is 2. The van der Waals surface area contributed by atoms with Crippen molar-refractivity contribution in [3.8, 4) is 11.8 Å². The van der Waals surface area contributed by atoms with Gasteiger partial charge in [-0.05, 0) is 19.9 Å². The van der Waals surface area contributed by atoms with Crippen molar-refractivity contribution in [3.63, 3.8) is 0 Å². The lowest BCUT2D eigenvalue weighted by Gasteiger charge is -2.34. The van der Waals surface area contributed by atoms with E-state index in [1.807, 2.05) is 13.8 Å². The summed E-state index contributed by atoms with van der Waals surface area (Å²) in [4.78, 5) is 4.02. The number of aliphatic hydroxyl groups excluding tert-OH is 1. The third-order valence-corrected chi connectivity index (χ3v) is 4.85. The molecule has 1 aliphatic heterocycles. The molecule has 1 N–H and O–H groups in total. The van der Waals surface area contributed by atoms with Crippen molar-refractivity contribution in [3.05, 3.63) is 24.0 Å². The highest BCUT2D eigenvalue weighted by atomic mass is 32.2. The molecule has 1 aromatic heterocycles. The van der Waals surface area contributed by atoms with Gasteiger partial charge in [0, 0.05) is 31.0 Å². The Morgan fingerprint density at radius 3 is 2.67 bits per heavy atom. The minimum absolute atomic E-state index is 0.105. The largest absolute Gasteiger partial charge is 0.384 e. The number of rotatable bonds is 2. The van der Waals surface area contributed by atoms with Crippen molar-refractivity contribution in [2.75, 3.05) is 19.7 Å². The summed E-state index contributed by atoms with van der Waals surface area (Å²) in [5.74, 6) is 5.13. The summed E-state index contributed by atoms with van der Waals surface area (Å²) >= 11 is 0. The maximum Gasteiger partial charge on any atom is 0.244 e. The quantitative estimate of drug-likeness (QED) is 0.791. The first kappa shape index (κ1) is 15.9. The monoisotopic (exact) mass is 310 g/mol. The van der Waals surface area contributed by atoms with E-state index in [0.717, 1.165) is 0 Å². The molecule has 2 atom stereocenters. The summed E-state index contributed by atoms with van der Waals surface area (Å²) in [5, 5.41) is 8.68. The van der Waals surface area contributed by atoms with Crippen LogP contribution in [-0.2, 0) is 14.8 Å². The van der Waals surface area contributed by atoms with Crippen LogP contribution >= 0.6 is 0 Å². The summed E-state index contributed by atoms with van der Waals surface area (Å²) in [6.07, 6.45) is 2.49. The van der Waals surface area contributed by atoms with E-state index in [9.17, 15) is 8.42 Å². The van der Waals surface area contributed by atoms with E-state index in [2.05, 4.69) is 16.8 Å². The van der Waals surface area contributed by atoms with Gasteiger partial charge in [0.1, 0.15) is 11.5 Å². The fourth-order valence-electron chi connectivity index (χ4n) is 2.25. The summed E-state index contributed by atoms with van der Waals surface area (Å²) in [7, 11) is -3.61. The van der Waals surface area contributed by atoms with Crippen LogP contribution in [0.25, 0.3) is 0 Å². The SMILES string of the molecule is C[C@@H]1CN(S(=O)(=O)c2cncc(C#CCO)c2)C[C@H](C)O1. The van der Waals surface area contributed by atoms with Crippen molar-refractivity contribution in [1.82, 2.24) is 9.29 Å². The Hall–Kier alpha value is -1.46. The van der Waals surface area contributed by atoms with Gasteiger partial charge < -0.3 is 9.84 Å². The van der Waals surface area contributed by atoms with Crippen LogP contribution in [0.4, 0.5) is 0 Å². The number of aromatic nitrogens is 1. The molecule has 1 fully saturated rings. The zero-order valence-corrected chi connectivity index (χ0v) is 12.8. The van der Waals surface area contributed by atoms with Crippen molar-refractivity contribution in [1.29, 1.82) is 0 Å². The van der Waals surface area contributed by atoms with Crippen molar-refractivity contribution in [2.45, 2.75) is 31.0 Å². The molecule has 0 unspecified atom stereocenters. The number of morpholine rings is 1. The zero-order chi connectivity index (χ0) is 15.5. The Labute approximate surface area is 124 Å². The van der Waals surface area contributed by atoms with Gasteiger partial charge in [0.05, 0.1) is 12.2 Å². The first-order chi connectivity index (χ1) is 9.93. The molecule has 2 rings (SSSR count). The first-order valence-electron chi connectivity index (χ1n) is 6.64. The average Bonchev–Trinajstić information content (AvgIpc) is 2.44. The summed E-state index contributed by atoms with van der Waals surface area (Å²) < 4.78 is 32.2. The van der Waals surface area contributed by atoms with Crippen LogP contribution in [0.15, 0.2) is 23.4 Å². The molecule has 1 saturated heterocycles. The number of aliphatic hydroxyl groups is 1. The number of sulfonamides is 1. The highest BCUT2D eigenvalue weighted by molar-refractivity contribution is 7.89. The molecule has 1 aliphatic rings. The van der Waals surface area contributed by atoms with Crippen molar-refractivity contribution < 1.29 is 18.3 Å². The normalized spacial score (nSPS) is 23.4. The highest BCUT2D eigenvalue weighted by Gasteiger charge is 2.32. The van der Waals surface area contributed by atoms with Gasteiger partial charge in [-0.1, -0.05) is 11.8 Å². The van der Waals surface area contributed by atoms with E-state index < -0.39 is 10.0 Å². The lowest BCUT2D eigenvalue weighted by molar-refractivity contribution is -0.0440. The predicted octanol–water partition coefficient (Wildman–Crippen LogP) is 0.223. The molecule has 0 spiro atoms. The van der Waals surface area contributed by atoms with E-state index in [1.54, 1.807) is 0 Å². The second-order valence-electron chi connectivity index (χ2n) is 4.95. The Bertz CT molecular complexity index is 653. The Kier molecular flexibility index (Phi) is 4.96. The summed E-state index contributed by atoms with van der Waals surface area (Å²) in [5.41, 5.74) is 0.458. The second-order valence-corrected chi connectivity index (χ2v) is 6.89. The summed E-state index contributed by atoms with van der Waals surface area (Å²) in [6.45, 7) is 4.05. The van der Waals surface area contributed by atoms with Gasteiger partial charge in [-0.3, -0.25) is 4.98 Å². The molecule has 0 amide bonds. The van der Waals surface area contributed by atoms with Gasteiger partial charge in [-0.15, -0.1) is 0 Å². The van der Waals surface area contributed by atoms with Crippen LogP contribution in [0.5, 0.6) is 0 Å². The van der Waals surface area contributed by atoms with Gasteiger partial charge in [0.2, 0.25) is 10.0 Å². The van der Waals surface area contributed by atoms with E-state index in [-0.39, 0.29) is 23.7 Å². The number of ether oxygens (including phenoxy) is 1. The number of hydrogen-bond donors (Lipinski definition) is 1. The molecule has 114 valence electrons. The molecule has 0 bridgehead atoms. The lowest BCUT2D eigenvalue weighted by Crippen LogP contribution is -2.48. The second kappa shape index (κ2) is 6.54. The van der Waals surface area contributed by atoms with Crippen LogP contribution in [0.2, 0.25) is 0 Å². The zero-order valence-electron chi connectivity index (χ0n) is 12.0. The maximum absolute atomic E-state index is 12.6. The van der Waals surface area contributed by atoms with Gasteiger partial charge in [-0.25, -0.2) is 8.42 Å². The average molecular weight is 310 g/mol. The highest BCUT2D eigenvalue weighted by Crippen LogP contribution is 2.21. The molecular weight excluding hydrogens is 292 g/mol. The van der Waals surface area contributed by atoms with E-state index >= 15 is 0 Å². The van der Waals surface area contributed by atoms with Crippen LogP contribution in [-0.4, -0.2) is 54.7 Å². The van der Waals surface area contributed by atoms with Gasteiger partial charge in [-0.2, -0.15) is 4.31 Å². The molecule has 0 radical (unpaired) electrons. The van der Waals surface area contributed by atoms with Crippen LogP contribution in [0.3, 0.4) is 0 Å². The minimum Gasteiger partial charge on any atom is -0.384 e. The van der Waals surface area contributed by atoms with E-state index in [0.29, 0.717) is 18.7 Å². The molecule has 21 heavy (non-hydrogen) atoms. The van der Waals surface area contributed by atoms with E-state index in [1.165, 1.54) is 22.8 Å². The Balaban J connectivity index is 2.31.